The van der Waals surface area contributed by atoms with E-state index in [1.807, 2.05) is 6.19 Å². The summed E-state index contributed by atoms with van der Waals surface area (Å²) in [5, 5.41) is 17.4. The van der Waals surface area contributed by atoms with Gasteiger partial charge in [0, 0.05) is 7.05 Å². The van der Waals surface area contributed by atoms with Gasteiger partial charge in [-0.05, 0) is 24.3 Å². The lowest BCUT2D eigenvalue weighted by atomic mass is 10.3. The first-order valence-corrected chi connectivity index (χ1v) is 3.16. The summed E-state index contributed by atoms with van der Waals surface area (Å²) < 4.78 is 0. The number of aromatic hydroxyl groups is 1. The highest BCUT2D eigenvalue weighted by molar-refractivity contribution is 5.51. The van der Waals surface area contributed by atoms with Crippen LogP contribution < -0.4 is 4.90 Å². The van der Waals surface area contributed by atoms with Gasteiger partial charge < -0.3 is 5.11 Å². The number of nitriles is 1. The normalized spacial score (nSPS) is 8.73. The summed E-state index contributed by atoms with van der Waals surface area (Å²) in [5.74, 6) is 0.208. The summed E-state index contributed by atoms with van der Waals surface area (Å²) in [6.07, 6.45) is 1.95. The van der Waals surface area contributed by atoms with Crippen LogP contribution in [0.2, 0.25) is 0 Å². The second-order valence-corrected chi connectivity index (χ2v) is 2.18. The molecule has 56 valence electrons. The summed E-state index contributed by atoms with van der Waals surface area (Å²) in [6, 6.07) is 6.45. The molecule has 1 N–H and O–H groups in total. The average molecular weight is 148 g/mol. The number of rotatable bonds is 1. The monoisotopic (exact) mass is 148 g/mol. The molecule has 11 heavy (non-hydrogen) atoms. The minimum Gasteiger partial charge on any atom is -0.508 e. The molecule has 0 saturated heterocycles. The molecule has 0 radical (unpaired) electrons. The van der Waals surface area contributed by atoms with Crippen molar-refractivity contribution in [1.82, 2.24) is 0 Å². The van der Waals surface area contributed by atoms with E-state index >= 15 is 0 Å². The lowest BCUT2D eigenvalue weighted by Gasteiger charge is -2.07. The van der Waals surface area contributed by atoms with Crippen molar-refractivity contribution in [2.24, 2.45) is 0 Å². The van der Waals surface area contributed by atoms with Crippen molar-refractivity contribution in [3.8, 4) is 11.9 Å². The smallest absolute Gasteiger partial charge is 0.183 e. The number of phenols is 1. The minimum absolute atomic E-state index is 0.208. The van der Waals surface area contributed by atoms with Crippen LogP contribution >= 0.6 is 0 Å². The lowest BCUT2D eigenvalue weighted by Crippen LogP contribution is -2.07. The molecule has 0 saturated carbocycles. The van der Waals surface area contributed by atoms with Crippen LogP contribution in [0.15, 0.2) is 24.3 Å². The van der Waals surface area contributed by atoms with Gasteiger partial charge in [-0.25, -0.2) is 0 Å². The van der Waals surface area contributed by atoms with Crippen molar-refractivity contribution in [2.75, 3.05) is 11.9 Å². The summed E-state index contributed by atoms with van der Waals surface area (Å²) in [6.45, 7) is 0. The van der Waals surface area contributed by atoms with Gasteiger partial charge in [0.25, 0.3) is 0 Å². The fourth-order valence-electron chi connectivity index (χ4n) is 0.734. The van der Waals surface area contributed by atoms with Gasteiger partial charge in [0.1, 0.15) is 5.75 Å². The van der Waals surface area contributed by atoms with Gasteiger partial charge in [0.2, 0.25) is 0 Å². The van der Waals surface area contributed by atoms with Crippen LogP contribution in [0.3, 0.4) is 0 Å². The van der Waals surface area contributed by atoms with Gasteiger partial charge >= 0.3 is 0 Å². The molecule has 1 rings (SSSR count). The molecular formula is C8H8N2O. The van der Waals surface area contributed by atoms with Crippen molar-refractivity contribution >= 4 is 5.69 Å². The Morgan fingerprint density at radius 3 is 2.36 bits per heavy atom. The fraction of sp³-hybridized carbons (Fsp3) is 0.125. The second kappa shape index (κ2) is 2.93. The van der Waals surface area contributed by atoms with E-state index in [4.69, 9.17) is 10.4 Å². The summed E-state index contributed by atoms with van der Waals surface area (Å²) >= 11 is 0. The highest BCUT2D eigenvalue weighted by atomic mass is 16.3. The zero-order chi connectivity index (χ0) is 8.27. The van der Waals surface area contributed by atoms with E-state index in [9.17, 15) is 0 Å². The first-order valence-electron chi connectivity index (χ1n) is 3.16. The molecule has 0 aromatic heterocycles. The fourth-order valence-corrected chi connectivity index (χ4v) is 0.734. The van der Waals surface area contributed by atoms with Crippen molar-refractivity contribution in [1.29, 1.82) is 5.26 Å². The Bertz CT molecular complexity index is 273. The zero-order valence-electron chi connectivity index (χ0n) is 6.15. The third-order valence-corrected chi connectivity index (χ3v) is 1.39. The van der Waals surface area contributed by atoms with Crippen LogP contribution in [0.25, 0.3) is 0 Å². The van der Waals surface area contributed by atoms with E-state index < -0.39 is 0 Å². The maximum atomic E-state index is 8.91. The largest absolute Gasteiger partial charge is 0.508 e. The van der Waals surface area contributed by atoms with Crippen LogP contribution in [-0.2, 0) is 0 Å². The molecular weight excluding hydrogens is 140 g/mol. The number of anilines is 1. The quantitative estimate of drug-likeness (QED) is 0.482. The van der Waals surface area contributed by atoms with Gasteiger partial charge in [-0.3, -0.25) is 4.90 Å². The number of nitrogens with zero attached hydrogens (tertiary/aromatic N) is 2. The van der Waals surface area contributed by atoms with E-state index in [2.05, 4.69) is 0 Å². The Morgan fingerprint density at radius 2 is 1.91 bits per heavy atom. The van der Waals surface area contributed by atoms with Crippen LogP contribution in [0, 0.1) is 11.5 Å². The molecule has 0 atom stereocenters. The van der Waals surface area contributed by atoms with Crippen LogP contribution in [0.5, 0.6) is 5.75 Å². The Balaban J connectivity index is 2.92. The van der Waals surface area contributed by atoms with Crippen LogP contribution in [0.4, 0.5) is 5.69 Å². The molecule has 0 unspecified atom stereocenters. The van der Waals surface area contributed by atoms with Gasteiger partial charge in [0.15, 0.2) is 6.19 Å². The van der Waals surface area contributed by atoms with Crippen molar-refractivity contribution < 1.29 is 5.11 Å². The van der Waals surface area contributed by atoms with Gasteiger partial charge in [0.05, 0.1) is 5.69 Å². The van der Waals surface area contributed by atoms with E-state index in [1.165, 1.54) is 4.90 Å². The third-order valence-electron chi connectivity index (χ3n) is 1.39. The van der Waals surface area contributed by atoms with E-state index in [1.54, 1.807) is 31.3 Å². The number of benzene rings is 1. The summed E-state index contributed by atoms with van der Waals surface area (Å²) in [5.41, 5.74) is 0.769. The first-order chi connectivity index (χ1) is 5.24. The molecule has 0 heterocycles. The minimum atomic E-state index is 0.208. The van der Waals surface area contributed by atoms with Crippen LogP contribution in [0.1, 0.15) is 0 Å². The first kappa shape index (κ1) is 7.42. The maximum Gasteiger partial charge on any atom is 0.183 e. The molecule has 0 aliphatic carbocycles. The highest BCUT2D eigenvalue weighted by Gasteiger charge is 1.96. The van der Waals surface area contributed by atoms with Crippen molar-refractivity contribution in [3.63, 3.8) is 0 Å². The second-order valence-electron chi connectivity index (χ2n) is 2.18. The van der Waals surface area contributed by atoms with E-state index in [0.717, 1.165) is 5.69 Å². The van der Waals surface area contributed by atoms with Gasteiger partial charge in [-0.1, -0.05) is 0 Å². The number of hydrogen-bond donors (Lipinski definition) is 1. The Kier molecular flexibility index (Phi) is 1.98. The Morgan fingerprint density at radius 1 is 1.36 bits per heavy atom. The molecule has 0 aliphatic heterocycles. The average Bonchev–Trinajstić information content (AvgIpc) is 2.05. The molecule has 3 nitrogen and oxygen atoms in total. The topological polar surface area (TPSA) is 47.3 Å². The Hall–Kier alpha value is -1.69. The van der Waals surface area contributed by atoms with Crippen LogP contribution in [-0.4, -0.2) is 12.2 Å². The molecule has 1 aromatic carbocycles. The number of phenolic OH excluding ortho intramolecular Hbond substituents is 1. The Labute approximate surface area is 65.1 Å². The van der Waals surface area contributed by atoms with Crippen molar-refractivity contribution in [2.45, 2.75) is 0 Å². The molecule has 0 aliphatic rings. The van der Waals surface area contributed by atoms with E-state index in [-0.39, 0.29) is 5.75 Å². The maximum absolute atomic E-state index is 8.91. The number of hydrogen-bond acceptors (Lipinski definition) is 3. The molecule has 0 fully saturated rings. The SMILES string of the molecule is CN(C#N)c1ccc(O)cc1. The highest BCUT2D eigenvalue weighted by Crippen LogP contribution is 2.15. The molecule has 0 bridgehead atoms. The van der Waals surface area contributed by atoms with E-state index in [0.29, 0.717) is 0 Å². The lowest BCUT2D eigenvalue weighted by molar-refractivity contribution is 0.475. The van der Waals surface area contributed by atoms with Gasteiger partial charge in [-0.15, -0.1) is 0 Å². The molecule has 0 spiro atoms. The molecule has 1 aromatic rings. The van der Waals surface area contributed by atoms with Crippen molar-refractivity contribution in [3.05, 3.63) is 24.3 Å². The predicted octanol–water partition coefficient (Wildman–Crippen LogP) is 1.31. The molecule has 3 heteroatoms. The zero-order valence-corrected chi connectivity index (χ0v) is 6.15. The summed E-state index contributed by atoms with van der Waals surface area (Å²) in [4.78, 5) is 1.42. The van der Waals surface area contributed by atoms with Gasteiger partial charge in [-0.2, -0.15) is 5.26 Å². The standard InChI is InChI=1S/C8H8N2O/c1-10(6-9)7-2-4-8(11)5-3-7/h2-5,11H,1H3. The predicted molar refractivity (Wildman–Crippen MR) is 42.1 cm³/mol. The summed E-state index contributed by atoms with van der Waals surface area (Å²) in [7, 11) is 1.66. The molecule has 0 amide bonds. The third kappa shape index (κ3) is 1.62.